The van der Waals surface area contributed by atoms with Gasteiger partial charge < -0.3 is 29.5 Å². The number of carbonyl (C=O) groups excluding carboxylic acids is 6. The van der Waals surface area contributed by atoms with Crippen LogP contribution in [0.25, 0.3) is 0 Å². The van der Waals surface area contributed by atoms with Crippen LogP contribution in [0.2, 0.25) is 0 Å². The first kappa shape index (κ1) is 43.4. The average Bonchev–Trinajstić information content (AvgIpc) is 3.63. The van der Waals surface area contributed by atoms with Crippen LogP contribution < -0.4 is 5.32 Å². The number of fused-ring (bicyclic) bond motifs is 1. The second-order valence-corrected chi connectivity index (χ2v) is 15.7. The third kappa shape index (κ3) is 10.8. The van der Waals surface area contributed by atoms with Crippen LogP contribution in [-0.4, -0.2) is 107 Å². The number of hydrogen-bond donors (Lipinski definition) is 1. The molecule has 1 N–H and O–H groups in total. The van der Waals surface area contributed by atoms with Crippen molar-refractivity contribution in [2.45, 2.75) is 143 Å². The molecule has 0 aromatic heterocycles. The van der Waals surface area contributed by atoms with E-state index in [2.05, 4.69) is 12.2 Å². The molecule has 2 aliphatic rings. The van der Waals surface area contributed by atoms with Crippen molar-refractivity contribution in [1.82, 2.24) is 20.0 Å². The van der Waals surface area contributed by atoms with Crippen LogP contribution in [0.3, 0.4) is 0 Å². The van der Waals surface area contributed by atoms with E-state index in [4.69, 9.17) is 9.47 Å². The summed E-state index contributed by atoms with van der Waals surface area (Å²) in [6.07, 6.45) is 2.51. The number of rotatable bonds is 10. The van der Waals surface area contributed by atoms with Gasteiger partial charge in [-0.3, -0.25) is 19.2 Å². The molecule has 0 saturated carbocycles. The predicted octanol–water partition coefficient (Wildman–Crippen LogP) is 4.77. The van der Waals surface area contributed by atoms with Gasteiger partial charge in [-0.05, 0) is 49.0 Å². The van der Waals surface area contributed by atoms with Gasteiger partial charge in [0.2, 0.25) is 17.7 Å². The van der Waals surface area contributed by atoms with Gasteiger partial charge in [0.25, 0.3) is 5.91 Å². The number of nitrogens with one attached hydrogen (secondary N) is 1. The lowest BCUT2D eigenvalue weighted by Gasteiger charge is -2.37. The Hall–Kier alpha value is -3.96. The maximum atomic E-state index is 14.3. The number of amides is 4. The lowest BCUT2D eigenvalue weighted by atomic mass is 9.94. The van der Waals surface area contributed by atoms with Gasteiger partial charge in [0.15, 0.2) is 6.10 Å². The first-order valence-corrected chi connectivity index (χ1v) is 19.6. The molecule has 4 amide bonds. The van der Waals surface area contributed by atoms with Crippen molar-refractivity contribution >= 4 is 35.6 Å². The molecule has 8 atom stereocenters. The van der Waals surface area contributed by atoms with E-state index in [1.54, 1.807) is 27.8 Å². The standard InChI is InChI=1S/C41H64N4O8/c1-11-13-15-22-32-28(8)36(46)42-33(25(3)4)38(48)43(9)31(24-29-19-16-14-17-20-29)40(50)53-35(26(5)6)39(49)45-23-18-21-30(45)37(47)44(10)34(27(7)12-2)41(51)52-32/h14,16-17,19-20,25-28,30-35H,11-13,15,18,21-24H2,1-10H3,(H,42,46)/t27-,28-,30-,31-,32-,33-,34-,35-/m0/s1. The molecule has 2 heterocycles. The minimum atomic E-state index is -1.23. The Balaban J connectivity index is 2.18. The van der Waals surface area contributed by atoms with E-state index < -0.39 is 83.8 Å². The van der Waals surface area contributed by atoms with Crippen molar-refractivity contribution in [3.63, 3.8) is 0 Å². The van der Waals surface area contributed by atoms with Crippen LogP contribution in [0.1, 0.15) is 106 Å². The van der Waals surface area contributed by atoms with Crippen molar-refractivity contribution in [3.05, 3.63) is 35.9 Å². The molecule has 296 valence electrons. The summed E-state index contributed by atoms with van der Waals surface area (Å²) in [7, 11) is 3.07. The second-order valence-electron chi connectivity index (χ2n) is 15.7. The fourth-order valence-corrected chi connectivity index (χ4v) is 7.27. The van der Waals surface area contributed by atoms with Crippen molar-refractivity contribution in [2.24, 2.45) is 23.7 Å². The largest absolute Gasteiger partial charge is 0.460 e. The van der Waals surface area contributed by atoms with Gasteiger partial charge in [0, 0.05) is 27.1 Å². The van der Waals surface area contributed by atoms with E-state index in [-0.39, 0.29) is 24.8 Å². The molecule has 1 aromatic carbocycles. The quantitative estimate of drug-likeness (QED) is 0.267. The number of carbonyl (C=O) groups is 6. The van der Waals surface area contributed by atoms with Crippen molar-refractivity contribution in [1.29, 1.82) is 0 Å². The van der Waals surface area contributed by atoms with Crippen molar-refractivity contribution < 1.29 is 38.2 Å². The number of benzene rings is 1. The molecule has 12 nitrogen and oxygen atoms in total. The highest BCUT2D eigenvalue weighted by Crippen LogP contribution is 2.28. The molecule has 0 unspecified atom stereocenters. The Kier molecular flexibility index (Phi) is 16.3. The van der Waals surface area contributed by atoms with Gasteiger partial charge in [0.05, 0.1) is 5.92 Å². The summed E-state index contributed by atoms with van der Waals surface area (Å²) in [5.41, 5.74) is 0.777. The SMILES string of the molecule is CCCCC[C@@H]1OC(=O)[C@H]([C@@H](C)CC)N(C)C(=O)[C@@H]2CCCN2C(=O)[C@H](C(C)C)OC(=O)[C@H](Cc2ccccc2)N(C)C(=O)[C@H](C(C)C)NC(=O)[C@H]1C. The lowest BCUT2D eigenvalue weighted by molar-refractivity contribution is -0.171. The summed E-state index contributed by atoms with van der Waals surface area (Å²) in [4.78, 5) is 89.4. The Morgan fingerprint density at radius 1 is 0.811 bits per heavy atom. The molecule has 0 radical (unpaired) electrons. The van der Waals surface area contributed by atoms with Crippen molar-refractivity contribution in [3.8, 4) is 0 Å². The van der Waals surface area contributed by atoms with Crippen LogP contribution in [0.5, 0.6) is 0 Å². The van der Waals surface area contributed by atoms with Gasteiger partial charge in [-0.15, -0.1) is 0 Å². The fourth-order valence-electron chi connectivity index (χ4n) is 7.27. The van der Waals surface area contributed by atoms with E-state index in [1.165, 1.54) is 21.7 Å². The average molecular weight is 741 g/mol. The Labute approximate surface area is 316 Å². The van der Waals surface area contributed by atoms with E-state index >= 15 is 0 Å². The maximum absolute atomic E-state index is 14.3. The number of cyclic esters (lactones) is 2. The first-order valence-electron chi connectivity index (χ1n) is 19.6. The fraction of sp³-hybridized carbons (Fsp3) is 0.707. The van der Waals surface area contributed by atoms with E-state index in [0.29, 0.717) is 32.1 Å². The van der Waals surface area contributed by atoms with Gasteiger partial charge >= 0.3 is 11.9 Å². The zero-order valence-electron chi connectivity index (χ0n) is 33.6. The van der Waals surface area contributed by atoms with Crippen LogP contribution in [0, 0.1) is 23.7 Å². The number of hydrogen-bond acceptors (Lipinski definition) is 8. The molecule has 0 spiro atoms. The van der Waals surface area contributed by atoms with Crippen LogP contribution in [0.15, 0.2) is 30.3 Å². The van der Waals surface area contributed by atoms with E-state index in [0.717, 1.165) is 18.4 Å². The van der Waals surface area contributed by atoms with Gasteiger partial charge in [-0.2, -0.15) is 0 Å². The third-order valence-corrected chi connectivity index (χ3v) is 11.0. The summed E-state index contributed by atoms with van der Waals surface area (Å²) in [6.45, 7) is 15.0. The molecular weight excluding hydrogens is 676 g/mol. The summed E-state index contributed by atoms with van der Waals surface area (Å²) in [6, 6.07) is 5.24. The van der Waals surface area contributed by atoms with Gasteiger partial charge in [0.1, 0.15) is 30.3 Å². The highest BCUT2D eigenvalue weighted by Gasteiger charge is 2.45. The zero-order valence-corrected chi connectivity index (χ0v) is 33.6. The molecular formula is C41H64N4O8. The monoisotopic (exact) mass is 740 g/mol. The number of unbranched alkanes of at least 4 members (excludes halogenated alkanes) is 2. The number of ether oxygens (including phenoxy) is 2. The number of esters is 2. The highest BCUT2D eigenvalue weighted by atomic mass is 16.6. The predicted molar refractivity (Wildman–Crippen MR) is 202 cm³/mol. The summed E-state index contributed by atoms with van der Waals surface area (Å²) >= 11 is 0. The van der Waals surface area contributed by atoms with E-state index in [9.17, 15) is 28.8 Å². The lowest BCUT2D eigenvalue weighted by Crippen LogP contribution is -2.57. The van der Waals surface area contributed by atoms with Gasteiger partial charge in [-0.25, -0.2) is 9.59 Å². The summed E-state index contributed by atoms with van der Waals surface area (Å²) in [5, 5.41) is 2.92. The molecule has 12 heteroatoms. The van der Waals surface area contributed by atoms with E-state index in [1.807, 2.05) is 58.0 Å². The van der Waals surface area contributed by atoms with Crippen LogP contribution in [0.4, 0.5) is 0 Å². The minimum Gasteiger partial charge on any atom is -0.460 e. The summed E-state index contributed by atoms with van der Waals surface area (Å²) < 4.78 is 12.2. The second kappa shape index (κ2) is 19.9. The minimum absolute atomic E-state index is 0.109. The normalized spacial score (nSPS) is 27.9. The highest BCUT2D eigenvalue weighted by molar-refractivity contribution is 5.95. The van der Waals surface area contributed by atoms with Crippen LogP contribution >= 0.6 is 0 Å². The molecule has 2 saturated heterocycles. The number of likely N-dealkylation sites (N-methyl/N-ethyl adjacent to an activating group) is 2. The zero-order chi connectivity index (χ0) is 39.6. The molecule has 0 bridgehead atoms. The molecule has 2 fully saturated rings. The molecule has 2 aliphatic heterocycles. The molecule has 3 rings (SSSR count). The Morgan fingerprint density at radius 2 is 1.47 bits per heavy atom. The summed E-state index contributed by atoms with van der Waals surface area (Å²) in [5.74, 6) is -5.16. The topological polar surface area (TPSA) is 143 Å². The Bertz CT molecular complexity index is 1420. The van der Waals surface area contributed by atoms with Crippen LogP contribution in [-0.2, 0) is 44.7 Å². The molecule has 1 aromatic rings. The molecule has 53 heavy (non-hydrogen) atoms. The smallest absolute Gasteiger partial charge is 0.329 e. The Morgan fingerprint density at radius 3 is 2.06 bits per heavy atom. The van der Waals surface area contributed by atoms with Gasteiger partial charge in [-0.1, -0.05) is 105 Å². The number of nitrogens with zero attached hydrogens (tertiary/aromatic N) is 3. The molecule has 0 aliphatic carbocycles. The third-order valence-electron chi connectivity index (χ3n) is 11.0. The van der Waals surface area contributed by atoms with Crippen molar-refractivity contribution in [2.75, 3.05) is 20.6 Å². The first-order chi connectivity index (χ1) is 25.0. The maximum Gasteiger partial charge on any atom is 0.329 e.